The molecule has 0 bridgehead atoms. The largest absolute Gasteiger partial charge is 0.356 e. The summed E-state index contributed by atoms with van der Waals surface area (Å²) in [5.41, 5.74) is 2.58. The van der Waals surface area contributed by atoms with Crippen LogP contribution >= 0.6 is 23.4 Å². The van der Waals surface area contributed by atoms with E-state index in [1.807, 2.05) is 11.0 Å². The second-order valence-electron chi connectivity index (χ2n) is 6.94. The number of carbonyl (C=O) groups excluding carboxylic acids is 1. The lowest BCUT2D eigenvalue weighted by Crippen LogP contribution is -2.37. The van der Waals surface area contributed by atoms with Crippen LogP contribution in [0, 0.1) is 0 Å². The van der Waals surface area contributed by atoms with Crippen LogP contribution in [0.25, 0.3) is 0 Å². The summed E-state index contributed by atoms with van der Waals surface area (Å²) in [6.45, 7) is 7.60. The SMILES string of the molecule is CCCN(CCC)c1cc(Cl)nc(SCC(=O)N2CCc3ccccc3C2)n1. The number of rotatable bonds is 8. The molecule has 3 rings (SSSR count). The molecule has 1 aliphatic heterocycles. The van der Waals surface area contributed by atoms with E-state index in [0.29, 0.717) is 22.6 Å². The van der Waals surface area contributed by atoms with Crippen molar-refractivity contribution in [3.8, 4) is 0 Å². The average Bonchev–Trinajstić information content (AvgIpc) is 2.71. The molecule has 0 spiro atoms. The van der Waals surface area contributed by atoms with Crippen molar-refractivity contribution in [1.82, 2.24) is 14.9 Å². The van der Waals surface area contributed by atoms with E-state index in [2.05, 4.69) is 46.9 Å². The molecule has 0 unspecified atom stereocenters. The van der Waals surface area contributed by atoms with E-state index >= 15 is 0 Å². The number of hydrogen-bond donors (Lipinski definition) is 0. The molecule has 2 aromatic rings. The first kappa shape index (κ1) is 20.9. The monoisotopic (exact) mass is 418 g/mol. The summed E-state index contributed by atoms with van der Waals surface area (Å²) in [5, 5.41) is 0.981. The normalized spacial score (nSPS) is 13.3. The van der Waals surface area contributed by atoms with Crippen molar-refractivity contribution >= 4 is 35.1 Å². The highest BCUT2D eigenvalue weighted by Crippen LogP contribution is 2.24. The fraction of sp³-hybridized carbons (Fsp3) is 0.476. The fourth-order valence-corrected chi connectivity index (χ4v) is 4.40. The predicted molar refractivity (Wildman–Crippen MR) is 116 cm³/mol. The molecule has 1 amide bonds. The lowest BCUT2D eigenvalue weighted by atomic mass is 10.00. The van der Waals surface area contributed by atoms with Gasteiger partial charge in [0.1, 0.15) is 11.0 Å². The number of halogens is 1. The number of benzene rings is 1. The van der Waals surface area contributed by atoms with Gasteiger partial charge in [0, 0.05) is 32.2 Å². The van der Waals surface area contributed by atoms with Gasteiger partial charge in [0.2, 0.25) is 5.91 Å². The lowest BCUT2D eigenvalue weighted by Gasteiger charge is -2.28. The molecule has 150 valence electrons. The number of carbonyl (C=O) groups is 1. The summed E-state index contributed by atoms with van der Waals surface area (Å²) in [6.07, 6.45) is 2.99. The second-order valence-corrected chi connectivity index (χ2v) is 8.27. The van der Waals surface area contributed by atoms with E-state index in [9.17, 15) is 4.79 Å². The Bertz CT molecular complexity index is 811. The molecule has 7 heteroatoms. The Morgan fingerprint density at radius 1 is 1.18 bits per heavy atom. The Morgan fingerprint density at radius 3 is 2.61 bits per heavy atom. The minimum Gasteiger partial charge on any atom is -0.356 e. The van der Waals surface area contributed by atoms with Crippen molar-refractivity contribution in [2.75, 3.05) is 30.3 Å². The van der Waals surface area contributed by atoms with Gasteiger partial charge >= 0.3 is 0 Å². The Kier molecular flexibility index (Phi) is 7.57. The molecule has 0 fully saturated rings. The standard InChI is InChI=1S/C21H27ClN4OS/c1-3-10-25(11-4-2)19-13-18(22)23-21(24-19)28-15-20(27)26-12-9-16-7-5-6-8-17(16)14-26/h5-8,13H,3-4,9-12,14-15H2,1-2H3. The molecule has 0 saturated heterocycles. The first-order chi connectivity index (χ1) is 13.6. The first-order valence-corrected chi connectivity index (χ1v) is 11.2. The molecule has 1 aromatic heterocycles. The van der Waals surface area contributed by atoms with E-state index in [4.69, 9.17) is 11.6 Å². The van der Waals surface area contributed by atoms with Crippen LogP contribution in [0.4, 0.5) is 5.82 Å². The Hall–Kier alpha value is -1.79. The number of hydrogen-bond acceptors (Lipinski definition) is 5. The van der Waals surface area contributed by atoms with Crippen molar-refractivity contribution in [2.24, 2.45) is 0 Å². The van der Waals surface area contributed by atoms with Crippen LogP contribution in [-0.2, 0) is 17.8 Å². The van der Waals surface area contributed by atoms with E-state index in [0.717, 1.165) is 44.7 Å². The molecule has 1 aliphatic rings. The maximum Gasteiger partial charge on any atom is 0.233 e. The molecule has 28 heavy (non-hydrogen) atoms. The van der Waals surface area contributed by atoms with Crippen LogP contribution in [0.1, 0.15) is 37.8 Å². The number of thioether (sulfide) groups is 1. The van der Waals surface area contributed by atoms with Crippen LogP contribution < -0.4 is 4.90 Å². The molecule has 2 heterocycles. The number of amides is 1. The highest BCUT2D eigenvalue weighted by atomic mass is 35.5. The van der Waals surface area contributed by atoms with Crippen LogP contribution in [0.5, 0.6) is 0 Å². The Balaban J connectivity index is 1.63. The maximum atomic E-state index is 12.7. The zero-order valence-electron chi connectivity index (χ0n) is 16.5. The van der Waals surface area contributed by atoms with Crippen LogP contribution in [-0.4, -0.2) is 46.2 Å². The summed E-state index contributed by atoms with van der Waals surface area (Å²) in [5.74, 6) is 1.28. The van der Waals surface area contributed by atoms with Gasteiger partial charge in [0.15, 0.2) is 5.16 Å². The van der Waals surface area contributed by atoms with Gasteiger partial charge < -0.3 is 9.80 Å². The van der Waals surface area contributed by atoms with Crippen molar-refractivity contribution in [3.63, 3.8) is 0 Å². The summed E-state index contributed by atoms with van der Waals surface area (Å²) in [7, 11) is 0. The number of anilines is 1. The maximum absolute atomic E-state index is 12.7. The highest BCUT2D eigenvalue weighted by molar-refractivity contribution is 7.99. The smallest absolute Gasteiger partial charge is 0.233 e. The molecule has 0 radical (unpaired) electrons. The van der Waals surface area contributed by atoms with Crippen LogP contribution in [0.2, 0.25) is 5.15 Å². The van der Waals surface area contributed by atoms with Gasteiger partial charge in [-0.25, -0.2) is 9.97 Å². The average molecular weight is 419 g/mol. The molecule has 1 aromatic carbocycles. The summed E-state index contributed by atoms with van der Waals surface area (Å²) >= 11 is 7.59. The zero-order chi connectivity index (χ0) is 19.9. The third-order valence-corrected chi connectivity index (χ3v) is 5.81. The topological polar surface area (TPSA) is 49.3 Å². The Labute approximate surface area is 176 Å². The van der Waals surface area contributed by atoms with Crippen molar-refractivity contribution < 1.29 is 4.79 Å². The molecule has 0 aliphatic carbocycles. The van der Waals surface area contributed by atoms with Crippen LogP contribution in [0.3, 0.4) is 0 Å². The third-order valence-electron chi connectivity index (χ3n) is 4.78. The van der Waals surface area contributed by atoms with Gasteiger partial charge in [-0.3, -0.25) is 4.79 Å². The first-order valence-electron chi connectivity index (χ1n) is 9.87. The molecular formula is C21H27ClN4OS. The molecule has 0 atom stereocenters. The summed E-state index contributed by atoms with van der Waals surface area (Å²) in [4.78, 5) is 25.8. The van der Waals surface area contributed by atoms with Gasteiger partial charge in [0.25, 0.3) is 0 Å². The van der Waals surface area contributed by atoms with E-state index < -0.39 is 0 Å². The summed E-state index contributed by atoms with van der Waals surface area (Å²) in [6, 6.07) is 10.1. The van der Waals surface area contributed by atoms with Gasteiger partial charge in [-0.05, 0) is 30.4 Å². The molecule has 0 N–H and O–H groups in total. The minimum atomic E-state index is 0.114. The van der Waals surface area contributed by atoms with E-state index in [1.165, 1.54) is 22.9 Å². The molecule has 5 nitrogen and oxygen atoms in total. The molecular weight excluding hydrogens is 392 g/mol. The quantitative estimate of drug-likeness (QED) is 0.360. The van der Waals surface area contributed by atoms with Crippen LogP contribution in [0.15, 0.2) is 35.5 Å². The van der Waals surface area contributed by atoms with Gasteiger partial charge in [-0.1, -0.05) is 61.5 Å². The van der Waals surface area contributed by atoms with E-state index in [1.54, 1.807) is 6.07 Å². The number of nitrogens with zero attached hydrogens (tertiary/aromatic N) is 4. The van der Waals surface area contributed by atoms with Crippen molar-refractivity contribution in [2.45, 2.75) is 44.8 Å². The lowest BCUT2D eigenvalue weighted by molar-refractivity contribution is -0.129. The number of aromatic nitrogens is 2. The van der Waals surface area contributed by atoms with Gasteiger partial charge in [0.05, 0.1) is 5.75 Å². The number of fused-ring (bicyclic) bond motifs is 1. The zero-order valence-corrected chi connectivity index (χ0v) is 18.1. The molecule has 0 saturated carbocycles. The predicted octanol–water partition coefficient (Wildman–Crippen LogP) is 4.43. The fourth-order valence-electron chi connectivity index (χ4n) is 3.42. The Morgan fingerprint density at radius 2 is 1.89 bits per heavy atom. The van der Waals surface area contributed by atoms with Gasteiger partial charge in [-0.2, -0.15) is 0 Å². The second kappa shape index (κ2) is 10.1. The van der Waals surface area contributed by atoms with E-state index in [-0.39, 0.29) is 5.91 Å². The minimum absolute atomic E-state index is 0.114. The third kappa shape index (κ3) is 5.39. The van der Waals surface area contributed by atoms with Gasteiger partial charge in [-0.15, -0.1) is 0 Å². The van der Waals surface area contributed by atoms with Crippen molar-refractivity contribution in [1.29, 1.82) is 0 Å². The van der Waals surface area contributed by atoms with Crippen molar-refractivity contribution in [3.05, 3.63) is 46.6 Å². The summed E-state index contributed by atoms with van der Waals surface area (Å²) < 4.78 is 0. The highest BCUT2D eigenvalue weighted by Gasteiger charge is 2.21.